The van der Waals surface area contributed by atoms with Crippen molar-refractivity contribution in [2.24, 2.45) is 0 Å². The molecule has 1 unspecified atom stereocenters. The highest BCUT2D eigenvalue weighted by Crippen LogP contribution is 2.48. The van der Waals surface area contributed by atoms with Crippen molar-refractivity contribution in [2.75, 3.05) is 0 Å². The van der Waals surface area contributed by atoms with Crippen molar-refractivity contribution in [3.63, 3.8) is 0 Å². The molecule has 2 aromatic carbocycles. The molecule has 3 heterocycles. The number of furan rings is 1. The summed E-state index contributed by atoms with van der Waals surface area (Å²) in [5.74, 6) is 0.891. The summed E-state index contributed by atoms with van der Waals surface area (Å²) in [5, 5.41) is 1.39. The number of hydrogen-bond acceptors (Lipinski definition) is 4. The van der Waals surface area contributed by atoms with Crippen molar-refractivity contribution in [1.82, 2.24) is 0 Å². The molecule has 0 spiro atoms. The van der Waals surface area contributed by atoms with Crippen molar-refractivity contribution < 1.29 is 13.7 Å². The summed E-state index contributed by atoms with van der Waals surface area (Å²) in [7, 11) is -0.461. The lowest BCUT2D eigenvalue weighted by molar-refractivity contribution is 0.00578. The molecule has 30 heavy (non-hydrogen) atoms. The van der Waals surface area contributed by atoms with E-state index in [1.165, 1.54) is 16.0 Å². The molecule has 0 saturated carbocycles. The lowest BCUT2D eigenvalue weighted by atomic mass is 9.74. The third kappa shape index (κ3) is 3.15. The van der Waals surface area contributed by atoms with Crippen molar-refractivity contribution in [3.05, 3.63) is 71.5 Å². The van der Waals surface area contributed by atoms with E-state index in [1.807, 2.05) is 23.9 Å². The van der Waals surface area contributed by atoms with Gasteiger partial charge in [-0.25, -0.2) is 0 Å². The Balaban J connectivity index is 1.72. The van der Waals surface area contributed by atoms with Crippen LogP contribution in [0.3, 0.4) is 0 Å². The Labute approximate surface area is 183 Å². The van der Waals surface area contributed by atoms with Gasteiger partial charge in [-0.3, -0.25) is 0 Å². The average Bonchev–Trinajstić information content (AvgIpc) is 3.18. The van der Waals surface area contributed by atoms with E-state index in [0.717, 1.165) is 28.6 Å². The minimum Gasteiger partial charge on any atom is -0.457 e. The van der Waals surface area contributed by atoms with Gasteiger partial charge in [-0.2, -0.15) is 0 Å². The third-order valence-corrected chi connectivity index (χ3v) is 7.87. The zero-order valence-electron chi connectivity index (χ0n) is 18.2. The average molecular weight is 418 g/mol. The maximum Gasteiger partial charge on any atom is 0.498 e. The zero-order chi connectivity index (χ0) is 21.1. The number of allylic oxidation sites excluding steroid dienone is 1. The van der Waals surface area contributed by atoms with Gasteiger partial charge in [0.25, 0.3) is 0 Å². The first-order valence-corrected chi connectivity index (χ1v) is 11.5. The SMILES string of the molecule is CC1Sc2ccccc2C/C=C(/B2OC(C)(C)C(C)(C)O2)c2oc3ccccc3c21. The second-order valence-corrected chi connectivity index (χ2v) is 10.5. The van der Waals surface area contributed by atoms with Crippen molar-refractivity contribution in [2.45, 2.75) is 62.4 Å². The van der Waals surface area contributed by atoms with Gasteiger partial charge in [0, 0.05) is 26.6 Å². The van der Waals surface area contributed by atoms with Gasteiger partial charge in [0.1, 0.15) is 11.3 Å². The Kier molecular flexibility index (Phi) is 4.69. The zero-order valence-corrected chi connectivity index (χ0v) is 19.0. The van der Waals surface area contributed by atoms with Crippen LogP contribution in [0.5, 0.6) is 0 Å². The molecule has 0 radical (unpaired) electrons. The van der Waals surface area contributed by atoms with Gasteiger partial charge >= 0.3 is 7.12 Å². The highest BCUT2D eigenvalue weighted by Gasteiger charge is 2.53. The first kappa shape index (κ1) is 20.0. The molecule has 3 nitrogen and oxygen atoms in total. The molecule has 1 fully saturated rings. The molecule has 5 heteroatoms. The van der Waals surface area contributed by atoms with Crippen LogP contribution < -0.4 is 0 Å². The Morgan fingerprint density at radius 1 is 0.933 bits per heavy atom. The molecular weight excluding hydrogens is 391 g/mol. The van der Waals surface area contributed by atoms with E-state index in [9.17, 15) is 0 Å². The lowest BCUT2D eigenvalue weighted by Crippen LogP contribution is -2.41. The summed E-state index contributed by atoms with van der Waals surface area (Å²) in [5.41, 5.74) is 3.63. The summed E-state index contributed by atoms with van der Waals surface area (Å²) in [6.07, 6.45) is 3.05. The van der Waals surface area contributed by atoms with Crippen LogP contribution in [0, 0.1) is 0 Å². The van der Waals surface area contributed by atoms with Gasteiger partial charge in [0.2, 0.25) is 0 Å². The topological polar surface area (TPSA) is 31.6 Å². The molecule has 2 aliphatic heterocycles. The molecule has 1 aromatic heterocycles. The van der Waals surface area contributed by atoms with E-state index in [0.29, 0.717) is 0 Å². The summed E-state index contributed by atoms with van der Waals surface area (Å²) in [6.45, 7) is 10.6. The summed E-state index contributed by atoms with van der Waals surface area (Å²) >= 11 is 1.89. The van der Waals surface area contributed by atoms with Gasteiger partial charge in [-0.05, 0) is 58.7 Å². The van der Waals surface area contributed by atoms with Crippen molar-refractivity contribution >= 4 is 35.3 Å². The van der Waals surface area contributed by atoms with Gasteiger partial charge in [0.15, 0.2) is 0 Å². The minimum absolute atomic E-state index is 0.230. The van der Waals surface area contributed by atoms with Crippen LogP contribution in [0.25, 0.3) is 16.4 Å². The van der Waals surface area contributed by atoms with E-state index in [2.05, 4.69) is 77.1 Å². The number of rotatable bonds is 1. The van der Waals surface area contributed by atoms with Crippen LogP contribution in [0.1, 0.15) is 56.8 Å². The molecule has 1 atom stereocenters. The number of hydrogen-bond donors (Lipinski definition) is 0. The predicted octanol–water partition coefficient (Wildman–Crippen LogP) is 6.86. The van der Waals surface area contributed by atoms with Gasteiger partial charge in [-0.15, -0.1) is 11.8 Å². The lowest BCUT2D eigenvalue weighted by Gasteiger charge is -2.32. The van der Waals surface area contributed by atoms with E-state index >= 15 is 0 Å². The van der Waals surface area contributed by atoms with E-state index < -0.39 is 18.3 Å². The molecule has 0 N–H and O–H groups in total. The minimum atomic E-state index is -0.461. The van der Waals surface area contributed by atoms with E-state index in [1.54, 1.807) is 0 Å². The maximum absolute atomic E-state index is 6.47. The normalized spacial score (nSPS) is 24.4. The van der Waals surface area contributed by atoms with E-state index in [4.69, 9.17) is 13.7 Å². The molecule has 1 saturated heterocycles. The molecule has 154 valence electrons. The quantitative estimate of drug-likeness (QED) is 0.404. The van der Waals surface area contributed by atoms with E-state index in [-0.39, 0.29) is 5.25 Å². The fourth-order valence-electron chi connectivity index (χ4n) is 4.21. The highest BCUT2D eigenvalue weighted by atomic mass is 32.2. The first-order chi connectivity index (χ1) is 14.3. The monoisotopic (exact) mass is 418 g/mol. The van der Waals surface area contributed by atoms with Gasteiger partial charge in [0.05, 0.1) is 11.2 Å². The molecule has 3 aromatic rings. The Morgan fingerprint density at radius 3 is 2.37 bits per heavy atom. The van der Waals surface area contributed by atoms with Gasteiger partial charge < -0.3 is 13.7 Å². The first-order valence-electron chi connectivity index (χ1n) is 10.6. The number of benzene rings is 2. The fourth-order valence-corrected chi connectivity index (χ4v) is 5.40. The van der Waals surface area contributed by atoms with Crippen LogP contribution in [0.15, 0.2) is 63.9 Å². The standard InChI is InChI=1S/C25H27BO3S/c1-16-22-18-11-7-8-12-20(18)27-23(22)19(26-28-24(2,3)25(4,5)29-26)15-14-17-10-6-9-13-21(17)30-16/h6-13,15-16H,14H2,1-5H3/b19-15+. The van der Waals surface area contributed by atoms with Crippen LogP contribution in [-0.2, 0) is 15.7 Å². The van der Waals surface area contributed by atoms with Gasteiger partial charge in [-0.1, -0.05) is 42.5 Å². The Bertz CT molecular complexity index is 1130. The smallest absolute Gasteiger partial charge is 0.457 e. The number of fused-ring (bicyclic) bond motifs is 4. The summed E-state index contributed by atoms with van der Waals surface area (Å²) in [4.78, 5) is 1.31. The second-order valence-electron chi connectivity index (χ2n) is 9.16. The van der Waals surface area contributed by atoms with Crippen LogP contribution >= 0.6 is 11.8 Å². The number of thioether (sulfide) groups is 1. The van der Waals surface area contributed by atoms with Crippen LogP contribution in [-0.4, -0.2) is 18.3 Å². The predicted molar refractivity (Wildman–Crippen MR) is 125 cm³/mol. The fraction of sp³-hybridized carbons (Fsp3) is 0.360. The third-order valence-electron chi connectivity index (χ3n) is 6.63. The largest absolute Gasteiger partial charge is 0.498 e. The summed E-state index contributed by atoms with van der Waals surface area (Å²) < 4.78 is 19.4. The molecule has 0 bridgehead atoms. The Hall–Kier alpha value is -1.95. The van der Waals surface area contributed by atoms with Crippen molar-refractivity contribution in [3.8, 4) is 0 Å². The molecule has 0 amide bonds. The van der Waals surface area contributed by atoms with Crippen molar-refractivity contribution in [1.29, 1.82) is 0 Å². The molecule has 0 aliphatic carbocycles. The Morgan fingerprint density at radius 2 is 1.60 bits per heavy atom. The van der Waals surface area contributed by atoms with Crippen LogP contribution in [0.2, 0.25) is 0 Å². The van der Waals surface area contributed by atoms with Crippen LogP contribution in [0.4, 0.5) is 0 Å². The number of para-hydroxylation sites is 1. The molecule has 2 aliphatic rings. The molecule has 5 rings (SSSR count). The second kappa shape index (κ2) is 7.05. The molecular formula is C25H27BO3S. The maximum atomic E-state index is 6.47. The summed E-state index contributed by atoms with van der Waals surface area (Å²) in [6, 6.07) is 16.9. The highest BCUT2D eigenvalue weighted by molar-refractivity contribution is 7.99.